The van der Waals surface area contributed by atoms with Crippen molar-refractivity contribution >= 4 is 11.9 Å². The van der Waals surface area contributed by atoms with E-state index >= 15 is 0 Å². The molecule has 0 amide bonds. The molecule has 1 aliphatic carbocycles. The summed E-state index contributed by atoms with van der Waals surface area (Å²) in [6.45, 7) is 4.18. The van der Waals surface area contributed by atoms with E-state index in [0.717, 1.165) is 31.7 Å². The molecule has 0 unspecified atom stereocenters. The number of aliphatic carboxylic acids is 2. The van der Waals surface area contributed by atoms with Gasteiger partial charge in [0.2, 0.25) is 0 Å². The van der Waals surface area contributed by atoms with Gasteiger partial charge in [-0.15, -0.1) is 0 Å². The van der Waals surface area contributed by atoms with E-state index in [1.165, 1.54) is 48.2 Å². The van der Waals surface area contributed by atoms with Crippen LogP contribution in [0.3, 0.4) is 0 Å². The van der Waals surface area contributed by atoms with E-state index in [1.54, 1.807) is 0 Å². The Morgan fingerprint density at radius 1 is 0.872 bits per heavy atom. The van der Waals surface area contributed by atoms with Crippen LogP contribution in [-0.2, 0) is 16.0 Å². The second kappa shape index (κ2) is 13.6. The molecule has 3 N–H and O–H groups in total. The van der Waals surface area contributed by atoms with Crippen molar-refractivity contribution in [2.24, 2.45) is 0 Å². The number of hydrogen-bond donors (Lipinski definition) is 3. The molecule has 3 aromatic carbocycles. The predicted molar refractivity (Wildman–Crippen MR) is 149 cm³/mol. The maximum absolute atomic E-state index is 10.0. The van der Waals surface area contributed by atoms with Crippen molar-refractivity contribution in [3.05, 3.63) is 107 Å². The molecule has 2 atom stereocenters. The Labute approximate surface area is 229 Å². The highest BCUT2D eigenvalue weighted by Crippen LogP contribution is 2.47. The number of carboxylic acid groups (broad SMARTS) is 2. The number of phenolic OH excluding ortho intramolecular Hbond substituents is 1. The summed E-state index contributed by atoms with van der Waals surface area (Å²) in [6.07, 6.45) is 5.83. The fourth-order valence-corrected chi connectivity index (χ4v) is 5.49. The van der Waals surface area contributed by atoms with Gasteiger partial charge >= 0.3 is 11.9 Å². The van der Waals surface area contributed by atoms with Gasteiger partial charge in [0.15, 0.2) is 0 Å². The Kier molecular flexibility index (Phi) is 9.75. The molecule has 1 saturated heterocycles. The van der Waals surface area contributed by atoms with Crippen molar-refractivity contribution < 1.29 is 29.6 Å². The molecule has 7 nitrogen and oxygen atoms in total. The third-order valence-electron chi connectivity index (χ3n) is 7.30. The smallest absolute Gasteiger partial charge is 0.328 e. The summed E-state index contributed by atoms with van der Waals surface area (Å²) < 4.78 is 6.03. The molecule has 1 heterocycles. The lowest BCUT2D eigenvalue weighted by atomic mass is 9.69. The summed E-state index contributed by atoms with van der Waals surface area (Å²) in [6, 6.07) is 25.4. The Bertz CT molecular complexity index is 1250. The van der Waals surface area contributed by atoms with Crippen LogP contribution in [0.4, 0.5) is 0 Å². The highest BCUT2D eigenvalue weighted by atomic mass is 16.5. The lowest BCUT2D eigenvalue weighted by Crippen LogP contribution is -2.25. The van der Waals surface area contributed by atoms with Crippen LogP contribution in [0.2, 0.25) is 0 Å². The minimum Gasteiger partial charge on any atom is -0.508 e. The molecule has 7 heteroatoms. The topological polar surface area (TPSA) is 107 Å². The largest absolute Gasteiger partial charge is 0.508 e. The van der Waals surface area contributed by atoms with Gasteiger partial charge in [0.05, 0.1) is 0 Å². The minimum atomic E-state index is -1.26. The van der Waals surface area contributed by atoms with Crippen molar-refractivity contribution in [1.29, 1.82) is 0 Å². The summed E-state index contributed by atoms with van der Waals surface area (Å²) >= 11 is 0. The lowest BCUT2D eigenvalue weighted by molar-refractivity contribution is -0.134. The first kappa shape index (κ1) is 27.9. The Morgan fingerprint density at radius 3 is 2.18 bits per heavy atom. The summed E-state index contributed by atoms with van der Waals surface area (Å²) in [5, 5.41) is 25.6. The molecule has 1 aliphatic heterocycles. The summed E-state index contributed by atoms with van der Waals surface area (Å²) in [4.78, 5) is 21.6. The number of benzene rings is 3. The average Bonchev–Trinajstić information content (AvgIpc) is 3.46. The first-order valence-electron chi connectivity index (χ1n) is 13.4. The number of aromatic hydroxyl groups is 1. The monoisotopic (exact) mass is 529 g/mol. The number of carbonyl (C=O) groups is 2. The summed E-state index contributed by atoms with van der Waals surface area (Å²) in [7, 11) is 0. The summed E-state index contributed by atoms with van der Waals surface area (Å²) in [5.74, 6) is -0.497. The number of nitrogens with zero attached hydrogens (tertiary/aromatic N) is 1. The number of ether oxygens (including phenoxy) is 1. The van der Waals surface area contributed by atoms with E-state index in [9.17, 15) is 14.7 Å². The molecule has 0 radical (unpaired) electrons. The maximum atomic E-state index is 10.0. The van der Waals surface area contributed by atoms with Gasteiger partial charge in [0, 0.05) is 24.6 Å². The van der Waals surface area contributed by atoms with Gasteiger partial charge in [-0.2, -0.15) is 0 Å². The first-order valence-corrected chi connectivity index (χ1v) is 13.4. The van der Waals surface area contributed by atoms with E-state index in [4.69, 9.17) is 14.9 Å². The Balaban J connectivity index is 0.000000386. The van der Waals surface area contributed by atoms with E-state index in [2.05, 4.69) is 65.6 Å². The lowest BCUT2D eigenvalue weighted by Gasteiger charge is -2.35. The maximum Gasteiger partial charge on any atom is 0.328 e. The number of hydrogen-bond acceptors (Lipinski definition) is 5. The standard InChI is InChI=1S/C28H31NO2.C4H4O4/c30-24-11-15-27-23(20-24)10-14-26(21-6-2-1-3-7-21)28(27)22-8-12-25(13-9-22)31-19-18-29-16-4-5-17-29;5-3(6)1-2-4(7)8/h1-3,6-9,11-13,15,20,26,28,30H,4-5,10,14,16-19H2;1-2H,(H,5,6)(H,7,8)/b;2-1-/t26-,28+;/m1./s1. The number of aryl methyl sites for hydroxylation is 1. The molecule has 0 bridgehead atoms. The molecule has 0 spiro atoms. The van der Waals surface area contributed by atoms with Crippen LogP contribution >= 0.6 is 0 Å². The van der Waals surface area contributed by atoms with Crippen molar-refractivity contribution in [3.63, 3.8) is 0 Å². The molecule has 0 saturated carbocycles. The number of fused-ring (bicyclic) bond motifs is 1. The number of rotatable bonds is 8. The van der Waals surface area contributed by atoms with Crippen LogP contribution in [0.15, 0.2) is 84.9 Å². The second-order valence-electron chi connectivity index (χ2n) is 9.89. The van der Waals surface area contributed by atoms with Gasteiger partial charge < -0.3 is 20.1 Å². The third-order valence-corrected chi connectivity index (χ3v) is 7.30. The van der Waals surface area contributed by atoms with E-state index in [-0.39, 0.29) is 5.92 Å². The quantitative estimate of drug-likeness (QED) is 0.334. The number of carboxylic acids is 2. The Morgan fingerprint density at radius 2 is 1.54 bits per heavy atom. The van der Waals surface area contributed by atoms with Gasteiger partial charge in [0.1, 0.15) is 18.1 Å². The van der Waals surface area contributed by atoms with Crippen LogP contribution in [-0.4, -0.2) is 58.4 Å². The van der Waals surface area contributed by atoms with Crippen LogP contribution < -0.4 is 4.74 Å². The van der Waals surface area contributed by atoms with Crippen molar-refractivity contribution in [3.8, 4) is 11.5 Å². The molecular weight excluding hydrogens is 494 g/mol. The van der Waals surface area contributed by atoms with Crippen molar-refractivity contribution in [2.45, 2.75) is 37.5 Å². The molecule has 39 heavy (non-hydrogen) atoms. The zero-order valence-electron chi connectivity index (χ0n) is 21.9. The molecule has 3 aromatic rings. The zero-order chi connectivity index (χ0) is 27.6. The van der Waals surface area contributed by atoms with Gasteiger partial charge in [0.25, 0.3) is 0 Å². The summed E-state index contributed by atoms with van der Waals surface area (Å²) in [5.41, 5.74) is 5.30. The molecule has 204 valence electrons. The SMILES string of the molecule is O=C(O)/C=C\C(=O)O.Oc1ccc2c(c1)CC[C@H](c1ccccc1)[C@@H]2c1ccc(OCCN2CCCC2)cc1. The average molecular weight is 530 g/mol. The Hall–Kier alpha value is -4.10. The van der Waals surface area contributed by atoms with Gasteiger partial charge in [-0.25, -0.2) is 9.59 Å². The molecule has 0 aromatic heterocycles. The van der Waals surface area contributed by atoms with Crippen LogP contribution in [0, 0.1) is 0 Å². The van der Waals surface area contributed by atoms with E-state index in [0.29, 0.717) is 23.8 Å². The van der Waals surface area contributed by atoms with E-state index < -0.39 is 11.9 Å². The van der Waals surface area contributed by atoms with Crippen LogP contribution in [0.1, 0.15) is 53.4 Å². The predicted octanol–water partition coefficient (Wildman–Crippen LogP) is 5.44. The van der Waals surface area contributed by atoms with Gasteiger partial charge in [-0.3, -0.25) is 4.90 Å². The van der Waals surface area contributed by atoms with Gasteiger partial charge in [-0.1, -0.05) is 48.5 Å². The van der Waals surface area contributed by atoms with Crippen LogP contribution in [0.5, 0.6) is 11.5 Å². The fourth-order valence-electron chi connectivity index (χ4n) is 5.49. The highest BCUT2D eigenvalue weighted by molar-refractivity contribution is 5.89. The fraction of sp³-hybridized carbons (Fsp3) is 0.312. The number of likely N-dealkylation sites (tertiary alicyclic amines) is 1. The number of phenols is 1. The van der Waals surface area contributed by atoms with Crippen molar-refractivity contribution in [2.75, 3.05) is 26.2 Å². The highest BCUT2D eigenvalue weighted by Gasteiger charge is 2.32. The second-order valence-corrected chi connectivity index (χ2v) is 9.89. The molecule has 5 rings (SSSR count). The normalized spacial score (nSPS) is 18.7. The third kappa shape index (κ3) is 7.94. The molecule has 2 aliphatic rings. The van der Waals surface area contributed by atoms with Crippen LogP contribution in [0.25, 0.3) is 0 Å². The van der Waals surface area contributed by atoms with Crippen molar-refractivity contribution in [1.82, 2.24) is 4.90 Å². The van der Waals surface area contributed by atoms with Gasteiger partial charge in [-0.05, 0) is 91.2 Å². The molecular formula is C32H35NO6. The minimum absolute atomic E-state index is 0.283. The molecule has 1 fully saturated rings. The van der Waals surface area contributed by atoms with E-state index in [1.807, 2.05) is 12.1 Å². The first-order chi connectivity index (χ1) is 18.9. The zero-order valence-corrected chi connectivity index (χ0v) is 21.9.